The first kappa shape index (κ1) is 18.0. The van der Waals surface area contributed by atoms with E-state index in [-0.39, 0.29) is 34.5 Å². The van der Waals surface area contributed by atoms with Crippen LogP contribution in [0.4, 0.5) is 11.4 Å². The largest absolute Gasteiger partial charge is 0.495 e. The summed E-state index contributed by atoms with van der Waals surface area (Å²) in [6.45, 7) is -0.378. The number of nitrogens with zero attached hydrogens (tertiary/aromatic N) is 2. The molecule has 0 spiro atoms. The topological polar surface area (TPSA) is 114 Å². The monoisotopic (exact) mass is 361 g/mol. The lowest BCUT2D eigenvalue weighted by atomic mass is 10.2. The van der Waals surface area contributed by atoms with Crippen LogP contribution in [0.2, 0.25) is 5.02 Å². The summed E-state index contributed by atoms with van der Waals surface area (Å²) < 4.78 is 10.4. The van der Waals surface area contributed by atoms with E-state index < -0.39 is 10.8 Å². The quantitative estimate of drug-likeness (QED) is 0.624. The number of hydrogen-bond donors (Lipinski definition) is 1. The van der Waals surface area contributed by atoms with Crippen molar-refractivity contribution in [2.24, 2.45) is 0 Å². The van der Waals surface area contributed by atoms with Gasteiger partial charge in [-0.15, -0.1) is 0 Å². The van der Waals surface area contributed by atoms with Gasteiger partial charge in [0.1, 0.15) is 11.5 Å². The molecule has 9 heteroatoms. The van der Waals surface area contributed by atoms with Crippen molar-refractivity contribution in [1.29, 1.82) is 5.26 Å². The zero-order valence-corrected chi connectivity index (χ0v) is 13.7. The smallest absolute Gasteiger partial charge is 0.271 e. The maximum Gasteiger partial charge on any atom is 0.271 e. The zero-order valence-electron chi connectivity index (χ0n) is 13.0. The van der Waals surface area contributed by atoms with Gasteiger partial charge in [-0.05, 0) is 24.3 Å². The van der Waals surface area contributed by atoms with Gasteiger partial charge in [-0.1, -0.05) is 11.6 Å². The molecule has 0 fully saturated rings. The Kier molecular flexibility index (Phi) is 5.76. The molecule has 1 N–H and O–H groups in total. The van der Waals surface area contributed by atoms with Gasteiger partial charge in [0.15, 0.2) is 6.61 Å². The van der Waals surface area contributed by atoms with Gasteiger partial charge in [0.25, 0.3) is 11.6 Å². The van der Waals surface area contributed by atoms with Gasteiger partial charge in [-0.3, -0.25) is 14.9 Å². The molecule has 25 heavy (non-hydrogen) atoms. The minimum atomic E-state index is -0.581. The van der Waals surface area contributed by atoms with E-state index in [9.17, 15) is 14.9 Å². The summed E-state index contributed by atoms with van der Waals surface area (Å²) in [7, 11) is 1.38. The number of benzene rings is 2. The molecule has 2 rings (SSSR count). The Labute approximate surface area is 147 Å². The molecule has 0 radical (unpaired) electrons. The fourth-order valence-electron chi connectivity index (χ4n) is 1.92. The third-order valence-corrected chi connectivity index (χ3v) is 3.38. The van der Waals surface area contributed by atoms with Crippen LogP contribution in [0.1, 0.15) is 5.56 Å². The van der Waals surface area contributed by atoms with Crippen molar-refractivity contribution in [3.63, 3.8) is 0 Å². The van der Waals surface area contributed by atoms with E-state index in [2.05, 4.69) is 5.32 Å². The van der Waals surface area contributed by atoms with Gasteiger partial charge < -0.3 is 14.8 Å². The molecule has 0 aliphatic heterocycles. The molecule has 0 saturated carbocycles. The number of ether oxygens (including phenoxy) is 2. The fraction of sp³-hybridized carbons (Fsp3) is 0.125. The molecule has 1 amide bonds. The number of methoxy groups -OCH3 is 1. The normalized spacial score (nSPS) is 9.80. The number of non-ortho nitro benzene ring substituents is 1. The molecule has 0 heterocycles. The number of hydrogen-bond acceptors (Lipinski definition) is 6. The molecule has 0 aliphatic rings. The minimum absolute atomic E-state index is 0.149. The van der Waals surface area contributed by atoms with E-state index in [0.717, 1.165) is 0 Å². The van der Waals surface area contributed by atoms with E-state index in [0.29, 0.717) is 5.56 Å². The summed E-state index contributed by atoms with van der Waals surface area (Å²) in [5.74, 6) is -0.0450. The van der Waals surface area contributed by atoms with Gasteiger partial charge in [-0.25, -0.2) is 0 Å². The van der Waals surface area contributed by atoms with E-state index >= 15 is 0 Å². The highest BCUT2D eigenvalue weighted by Crippen LogP contribution is 2.29. The highest BCUT2D eigenvalue weighted by Gasteiger charge is 2.14. The number of carbonyl (C=O) groups excluding carboxylic acids is 1. The molecular weight excluding hydrogens is 350 g/mol. The average Bonchev–Trinajstić information content (AvgIpc) is 2.60. The lowest BCUT2D eigenvalue weighted by Gasteiger charge is -2.11. The highest BCUT2D eigenvalue weighted by atomic mass is 35.5. The Hall–Kier alpha value is -3.31. The third kappa shape index (κ3) is 4.59. The summed E-state index contributed by atoms with van der Waals surface area (Å²) in [5, 5.41) is 22.3. The predicted molar refractivity (Wildman–Crippen MR) is 89.9 cm³/mol. The number of rotatable bonds is 6. The molecule has 128 valence electrons. The molecule has 0 saturated heterocycles. The molecule has 8 nitrogen and oxygen atoms in total. The molecule has 2 aromatic carbocycles. The van der Waals surface area contributed by atoms with E-state index in [1.807, 2.05) is 6.07 Å². The van der Waals surface area contributed by atoms with Crippen molar-refractivity contribution >= 4 is 28.9 Å². The number of nitro groups is 1. The van der Waals surface area contributed by atoms with Crippen LogP contribution >= 0.6 is 11.6 Å². The van der Waals surface area contributed by atoms with E-state index in [1.165, 1.54) is 43.5 Å². The van der Waals surface area contributed by atoms with Crippen LogP contribution in [0.25, 0.3) is 0 Å². The predicted octanol–water partition coefficient (Wildman–Crippen LogP) is 3.15. The first-order valence-electron chi connectivity index (χ1n) is 6.89. The maximum absolute atomic E-state index is 12.0. The van der Waals surface area contributed by atoms with Crippen molar-refractivity contribution < 1.29 is 19.2 Å². The molecule has 2 aromatic rings. The van der Waals surface area contributed by atoms with Gasteiger partial charge in [0, 0.05) is 12.1 Å². The number of amides is 1. The fourth-order valence-corrected chi connectivity index (χ4v) is 2.16. The maximum atomic E-state index is 12.0. The molecule has 0 aliphatic carbocycles. The number of carbonyl (C=O) groups is 1. The van der Waals surface area contributed by atoms with Crippen LogP contribution in [0.5, 0.6) is 11.5 Å². The summed E-state index contributed by atoms with van der Waals surface area (Å²) in [4.78, 5) is 22.3. The lowest BCUT2D eigenvalue weighted by molar-refractivity contribution is -0.384. The second kappa shape index (κ2) is 7.99. The van der Waals surface area contributed by atoms with Crippen molar-refractivity contribution in [3.8, 4) is 17.6 Å². The Balaban J connectivity index is 2.06. The Morgan fingerprint density at radius 3 is 2.64 bits per heavy atom. The highest BCUT2D eigenvalue weighted by molar-refractivity contribution is 6.32. The molecule has 0 bridgehead atoms. The van der Waals surface area contributed by atoms with Crippen molar-refractivity contribution in [2.45, 2.75) is 0 Å². The number of nitrogens with one attached hydrogen (secondary N) is 1. The van der Waals surface area contributed by atoms with Crippen LogP contribution in [0.3, 0.4) is 0 Å². The van der Waals surface area contributed by atoms with E-state index in [4.69, 9.17) is 26.3 Å². The average molecular weight is 362 g/mol. The first-order valence-corrected chi connectivity index (χ1v) is 7.27. The SMILES string of the molecule is COc1ccc([N+](=O)[O-])cc1NC(=O)COc1ccc(C#N)cc1Cl. The first-order chi connectivity index (χ1) is 11.9. The Morgan fingerprint density at radius 2 is 2.04 bits per heavy atom. The van der Waals surface area contributed by atoms with Gasteiger partial charge in [0.2, 0.25) is 0 Å². The minimum Gasteiger partial charge on any atom is -0.495 e. The van der Waals surface area contributed by atoms with Crippen LogP contribution < -0.4 is 14.8 Å². The summed E-state index contributed by atoms with van der Waals surface area (Å²) in [5.41, 5.74) is 0.325. The molecular formula is C16H12ClN3O5. The number of nitriles is 1. The second-order valence-corrected chi connectivity index (χ2v) is 5.14. The number of anilines is 1. The number of nitro benzene ring substituents is 1. The van der Waals surface area contributed by atoms with Gasteiger partial charge in [-0.2, -0.15) is 5.26 Å². The third-order valence-electron chi connectivity index (χ3n) is 3.09. The van der Waals surface area contributed by atoms with Crippen LogP contribution in [-0.4, -0.2) is 24.5 Å². The summed E-state index contributed by atoms with van der Waals surface area (Å²) in [6, 6.07) is 10.2. The summed E-state index contributed by atoms with van der Waals surface area (Å²) >= 11 is 5.95. The van der Waals surface area contributed by atoms with Gasteiger partial charge >= 0.3 is 0 Å². The molecule has 0 atom stereocenters. The number of halogens is 1. The Morgan fingerprint density at radius 1 is 1.32 bits per heavy atom. The van der Waals surface area contributed by atoms with Crippen LogP contribution in [0, 0.1) is 21.4 Å². The van der Waals surface area contributed by atoms with E-state index in [1.54, 1.807) is 0 Å². The van der Waals surface area contributed by atoms with Crippen LogP contribution in [-0.2, 0) is 4.79 Å². The summed E-state index contributed by atoms with van der Waals surface area (Å²) in [6.07, 6.45) is 0. The Bertz CT molecular complexity index is 863. The van der Waals surface area contributed by atoms with Crippen molar-refractivity contribution in [2.75, 3.05) is 19.0 Å². The van der Waals surface area contributed by atoms with Gasteiger partial charge in [0.05, 0.1) is 34.4 Å². The second-order valence-electron chi connectivity index (χ2n) is 4.74. The zero-order chi connectivity index (χ0) is 18.4. The molecule has 0 aromatic heterocycles. The molecule has 0 unspecified atom stereocenters. The van der Waals surface area contributed by atoms with Crippen molar-refractivity contribution in [1.82, 2.24) is 0 Å². The standard InChI is InChI=1S/C16H12ClN3O5/c1-24-15-5-3-11(20(22)23)7-13(15)19-16(21)9-25-14-4-2-10(8-18)6-12(14)17/h2-7H,9H2,1H3,(H,19,21). The van der Waals surface area contributed by atoms with Crippen LogP contribution in [0.15, 0.2) is 36.4 Å². The lowest BCUT2D eigenvalue weighted by Crippen LogP contribution is -2.20. The van der Waals surface area contributed by atoms with Crippen molar-refractivity contribution in [3.05, 3.63) is 57.1 Å².